The summed E-state index contributed by atoms with van der Waals surface area (Å²) in [5, 5.41) is 13.0. The van der Waals surface area contributed by atoms with E-state index >= 15 is 0 Å². The van der Waals surface area contributed by atoms with Crippen molar-refractivity contribution in [2.45, 2.75) is 6.92 Å². The van der Waals surface area contributed by atoms with Gasteiger partial charge in [-0.2, -0.15) is 14.9 Å². The topological polar surface area (TPSA) is 77.5 Å². The summed E-state index contributed by atoms with van der Waals surface area (Å²) < 4.78 is 15.6. The van der Waals surface area contributed by atoms with Gasteiger partial charge in [0.2, 0.25) is 4.77 Å². The third-order valence-electron chi connectivity index (χ3n) is 2.96. The molecule has 0 fully saturated rings. The number of nitrogens with zero attached hydrogens (tertiary/aromatic N) is 3. The van der Waals surface area contributed by atoms with Crippen LogP contribution < -0.4 is 0 Å². The maximum Gasteiger partial charge on any atom is 0.216 e. The highest BCUT2D eigenvalue weighted by Gasteiger charge is 2.12. The Morgan fingerprint density at radius 3 is 2.82 bits per heavy atom. The Morgan fingerprint density at radius 2 is 2.14 bits per heavy atom. The zero-order valence-electron chi connectivity index (χ0n) is 11.6. The predicted molar refractivity (Wildman–Crippen MR) is 88.5 cm³/mol. The van der Waals surface area contributed by atoms with E-state index in [9.17, 15) is 4.39 Å². The van der Waals surface area contributed by atoms with Gasteiger partial charge in [0.15, 0.2) is 5.82 Å². The minimum atomic E-state index is -0.366. The number of rotatable bonds is 3. The summed E-state index contributed by atoms with van der Waals surface area (Å²) in [6, 6.07) is 8.40. The molecule has 0 saturated heterocycles. The number of hydrogen-bond donors (Lipinski definition) is 1. The number of H-pyrrole nitrogens is 1. The molecular weight excluding hydrogens is 323 g/mol. The van der Waals surface area contributed by atoms with Crippen LogP contribution in [0.15, 0.2) is 40.8 Å². The summed E-state index contributed by atoms with van der Waals surface area (Å²) in [6.45, 7) is 2.00. The normalized spacial score (nSPS) is 10.8. The van der Waals surface area contributed by atoms with Gasteiger partial charge in [0, 0.05) is 0 Å². The molecule has 0 unspecified atom stereocenters. The van der Waals surface area contributed by atoms with E-state index in [4.69, 9.17) is 12.2 Å². The molecule has 0 amide bonds. The fraction of sp³-hybridized carbons (Fsp3) is 0.0714. The number of halogens is 1. The highest BCUT2D eigenvalue weighted by Crippen LogP contribution is 2.21. The molecule has 2 heterocycles. The molecule has 0 radical (unpaired) electrons. The molecule has 3 aromatic rings. The molecule has 1 aromatic carbocycles. The van der Waals surface area contributed by atoms with Crippen molar-refractivity contribution in [3.8, 4) is 11.4 Å². The van der Waals surface area contributed by atoms with Crippen molar-refractivity contribution in [1.29, 1.82) is 0 Å². The molecule has 0 atom stereocenters. The van der Waals surface area contributed by atoms with Gasteiger partial charge in [0.1, 0.15) is 5.82 Å². The summed E-state index contributed by atoms with van der Waals surface area (Å²) in [4.78, 5) is 1.03. The number of nitrogens with one attached hydrogen (secondary N) is 1. The highest BCUT2D eigenvalue weighted by molar-refractivity contribution is 7.71. The number of aromatic amines is 1. The molecule has 3 N–H and O–H groups in total. The molecule has 8 heteroatoms. The van der Waals surface area contributed by atoms with Gasteiger partial charge in [-0.1, -0.05) is 12.1 Å². The summed E-state index contributed by atoms with van der Waals surface area (Å²) in [6.07, 6.45) is 1.70. The lowest BCUT2D eigenvalue weighted by Gasteiger charge is -2.01. The molecule has 0 aliphatic heterocycles. The fourth-order valence-electron chi connectivity index (χ4n) is 1.84. The van der Waals surface area contributed by atoms with Crippen LogP contribution in [0.3, 0.4) is 0 Å². The second-order valence-corrected chi connectivity index (χ2v) is 5.69. The molecule has 22 heavy (non-hydrogen) atoms. The first kappa shape index (κ1) is 16.2. The number of thiophene rings is 1. The highest BCUT2D eigenvalue weighted by atomic mass is 32.1. The maximum absolute atomic E-state index is 13.9. The quantitative estimate of drug-likeness (QED) is 0.589. The summed E-state index contributed by atoms with van der Waals surface area (Å²) in [5.41, 5.74) is 1.48. The Hall–Kier alpha value is -2.16. The first-order valence-electron chi connectivity index (χ1n) is 6.17. The van der Waals surface area contributed by atoms with Crippen molar-refractivity contribution in [3.63, 3.8) is 0 Å². The average molecular weight is 336 g/mol. The number of aryl methyl sites for hydroxylation is 1. The Bertz CT molecular complexity index is 866. The Balaban J connectivity index is 0.00000176. The van der Waals surface area contributed by atoms with Gasteiger partial charge >= 0.3 is 0 Å². The summed E-state index contributed by atoms with van der Waals surface area (Å²) in [7, 11) is 0. The van der Waals surface area contributed by atoms with Gasteiger partial charge in [-0.3, -0.25) is 0 Å². The maximum atomic E-state index is 13.9. The number of aromatic nitrogens is 3. The van der Waals surface area contributed by atoms with E-state index in [1.807, 2.05) is 18.4 Å². The van der Waals surface area contributed by atoms with Gasteiger partial charge < -0.3 is 5.48 Å². The van der Waals surface area contributed by atoms with Crippen LogP contribution in [0, 0.1) is 17.5 Å². The standard InChI is InChI=1S/C14H11FN4S2.H2O/c1-9-6-7-21-12(9)8-16-19-13(17-18-14(19)20)10-4-2-3-5-11(10)15;/h2-8H,1H3,(H,18,20);1H2/b16-8+;. The Morgan fingerprint density at radius 1 is 1.36 bits per heavy atom. The van der Waals surface area contributed by atoms with E-state index in [1.165, 1.54) is 10.7 Å². The van der Waals surface area contributed by atoms with E-state index in [0.29, 0.717) is 16.2 Å². The molecule has 3 rings (SSSR count). The number of benzene rings is 1. The second-order valence-electron chi connectivity index (χ2n) is 4.36. The fourth-order valence-corrected chi connectivity index (χ4v) is 2.80. The lowest BCUT2D eigenvalue weighted by atomic mass is 10.2. The van der Waals surface area contributed by atoms with Crippen LogP contribution in [0.4, 0.5) is 4.39 Å². The SMILES string of the molecule is Cc1ccsc1/C=N/n1c(-c2ccccc2F)n[nH]c1=S.O. The molecule has 0 spiro atoms. The van der Waals surface area contributed by atoms with Crippen LogP contribution in [0.5, 0.6) is 0 Å². The molecule has 0 aliphatic carbocycles. The minimum Gasteiger partial charge on any atom is -0.412 e. The molecule has 2 aromatic heterocycles. The first-order chi connectivity index (χ1) is 10.2. The van der Waals surface area contributed by atoms with Gasteiger partial charge in [0.25, 0.3) is 0 Å². The molecular formula is C14H13FN4OS2. The summed E-state index contributed by atoms with van der Waals surface area (Å²) in [5.74, 6) is -0.0150. The molecule has 0 saturated carbocycles. The van der Waals surface area contributed by atoms with E-state index < -0.39 is 0 Å². The largest absolute Gasteiger partial charge is 0.412 e. The zero-order valence-corrected chi connectivity index (χ0v) is 13.2. The van der Waals surface area contributed by atoms with Gasteiger partial charge in [-0.15, -0.1) is 11.3 Å². The van der Waals surface area contributed by atoms with Crippen LogP contribution in [0.1, 0.15) is 10.4 Å². The van der Waals surface area contributed by atoms with Crippen molar-refractivity contribution in [3.05, 3.63) is 56.7 Å². The summed E-state index contributed by atoms with van der Waals surface area (Å²) >= 11 is 6.74. The predicted octanol–water partition coefficient (Wildman–Crippen LogP) is 3.17. The Kier molecular flexibility index (Phi) is 4.96. The molecule has 0 bridgehead atoms. The van der Waals surface area contributed by atoms with Gasteiger partial charge in [0.05, 0.1) is 16.7 Å². The van der Waals surface area contributed by atoms with Crippen molar-refractivity contribution in [2.24, 2.45) is 5.10 Å². The third-order valence-corrected chi connectivity index (χ3v) is 4.18. The van der Waals surface area contributed by atoms with Crippen LogP contribution in [-0.4, -0.2) is 26.6 Å². The molecule has 0 aliphatic rings. The van der Waals surface area contributed by atoms with Crippen LogP contribution in [0.2, 0.25) is 0 Å². The number of hydrogen-bond acceptors (Lipinski definition) is 4. The third kappa shape index (κ3) is 3.03. The van der Waals surface area contributed by atoms with Gasteiger partial charge in [-0.05, 0) is 48.3 Å². The zero-order chi connectivity index (χ0) is 14.8. The first-order valence-corrected chi connectivity index (χ1v) is 7.46. The van der Waals surface area contributed by atoms with Crippen molar-refractivity contribution in [2.75, 3.05) is 0 Å². The van der Waals surface area contributed by atoms with Crippen molar-refractivity contribution >= 4 is 29.8 Å². The molecule has 5 nitrogen and oxygen atoms in total. The van der Waals surface area contributed by atoms with E-state index in [2.05, 4.69) is 15.3 Å². The average Bonchev–Trinajstić information content (AvgIpc) is 3.04. The molecule has 114 valence electrons. The van der Waals surface area contributed by atoms with Crippen LogP contribution >= 0.6 is 23.6 Å². The van der Waals surface area contributed by atoms with E-state index in [0.717, 1.165) is 10.4 Å². The van der Waals surface area contributed by atoms with E-state index in [-0.39, 0.29) is 11.3 Å². The smallest absolute Gasteiger partial charge is 0.216 e. The van der Waals surface area contributed by atoms with Crippen molar-refractivity contribution < 1.29 is 9.87 Å². The minimum absolute atomic E-state index is 0. The lowest BCUT2D eigenvalue weighted by Crippen LogP contribution is -1.96. The van der Waals surface area contributed by atoms with Crippen molar-refractivity contribution in [1.82, 2.24) is 14.9 Å². The van der Waals surface area contributed by atoms with E-state index in [1.54, 1.807) is 35.8 Å². The Labute approximate surface area is 135 Å². The second kappa shape index (κ2) is 6.73. The van der Waals surface area contributed by atoms with Gasteiger partial charge in [-0.25, -0.2) is 9.49 Å². The lowest BCUT2D eigenvalue weighted by molar-refractivity contribution is 0.628. The van der Waals surface area contributed by atoms with Crippen LogP contribution in [0.25, 0.3) is 11.4 Å². The monoisotopic (exact) mass is 336 g/mol. The van der Waals surface area contributed by atoms with Crippen LogP contribution in [-0.2, 0) is 0 Å².